The van der Waals surface area contributed by atoms with Crippen molar-refractivity contribution in [1.29, 1.82) is 0 Å². The summed E-state index contributed by atoms with van der Waals surface area (Å²) in [4.78, 5) is 0. The maximum absolute atomic E-state index is 3.50. The molecule has 0 aliphatic heterocycles. The summed E-state index contributed by atoms with van der Waals surface area (Å²) in [6, 6.07) is 10.0. The second kappa shape index (κ2) is 22.5. The van der Waals surface area contributed by atoms with Gasteiger partial charge in [-0.15, -0.1) is 0 Å². The molecule has 1 radical (unpaired) electrons. The van der Waals surface area contributed by atoms with Gasteiger partial charge in [0, 0.05) is 0 Å². The Kier molecular flexibility index (Phi) is 33.8. The van der Waals surface area contributed by atoms with Crippen molar-refractivity contribution in [2.45, 2.75) is 0 Å². The van der Waals surface area contributed by atoms with Gasteiger partial charge in [0.2, 0.25) is 0 Å². The Hall–Kier alpha value is 0.153. The minimum atomic E-state index is 0. The minimum Gasteiger partial charge on any atom is -0.668 e. The van der Waals surface area contributed by atoms with Gasteiger partial charge in [0.05, 0.1) is 0 Å². The van der Waals surface area contributed by atoms with E-state index in [0.29, 0.717) is 0 Å². The minimum absolute atomic E-state index is 0. The van der Waals surface area contributed by atoms with Crippen LogP contribution in [0.2, 0.25) is 0 Å². The van der Waals surface area contributed by atoms with Crippen molar-refractivity contribution in [2.75, 3.05) is 28.2 Å². The van der Waals surface area contributed by atoms with Crippen molar-refractivity contribution in [2.24, 2.45) is 0 Å². The van der Waals surface area contributed by atoms with Crippen LogP contribution in [0.1, 0.15) is 0 Å². The molecule has 3 heteroatoms. The number of hydrogen-bond donors (Lipinski definition) is 0. The van der Waals surface area contributed by atoms with Crippen LogP contribution in [0.4, 0.5) is 0 Å². The summed E-state index contributed by atoms with van der Waals surface area (Å²) in [7, 11) is 7.00. The standard InChI is InChI=1S/C5H5.2C2H6N.Zr/c1-2-4-5-3-1;2*1-3-2;/h1-5H;2*1-2H3;/q3*-1;+3. The van der Waals surface area contributed by atoms with Crippen molar-refractivity contribution in [3.8, 4) is 0 Å². The molecule has 1 aromatic carbocycles. The van der Waals surface area contributed by atoms with Crippen molar-refractivity contribution < 1.29 is 26.2 Å². The van der Waals surface area contributed by atoms with E-state index in [-0.39, 0.29) is 26.2 Å². The van der Waals surface area contributed by atoms with Crippen LogP contribution in [0, 0.1) is 0 Å². The fourth-order valence-electron chi connectivity index (χ4n) is 0.321. The average Bonchev–Trinajstić information content (AvgIpc) is 2.44. The molecule has 0 amide bonds. The van der Waals surface area contributed by atoms with E-state index in [9.17, 15) is 0 Å². The van der Waals surface area contributed by atoms with Crippen LogP contribution < -0.4 is 0 Å². The van der Waals surface area contributed by atoms with Crippen LogP contribution in [-0.2, 0) is 26.2 Å². The Balaban J connectivity index is -0.000000104. The van der Waals surface area contributed by atoms with Gasteiger partial charge in [0.15, 0.2) is 0 Å². The smallest absolute Gasteiger partial charge is 0.668 e. The summed E-state index contributed by atoms with van der Waals surface area (Å²) in [6.07, 6.45) is 0. The van der Waals surface area contributed by atoms with E-state index in [0.717, 1.165) is 0 Å². The van der Waals surface area contributed by atoms with Gasteiger partial charge in [-0.3, -0.25) is 0 Å². The predicted octanol–water partition coefficient (Wildman–Crippen LogP) is 2.64. The van der Waals surface area contributed by atoms with Crippen LogP contribution in [0.15, 0.2) is 30.3 Å². The van der Waals surface area contributed by atoms with E-state index in [1.54, 1.807) is 28.2 Å². The molecular formula is C9H17N2Zr. The summed E-state index contributed by atoms with van der Waals surface area (Å²) in [6.45, 7) is 0. The maximum Gasteiger partial charge on any atom is 3.00 e. The maximum atomic E-state index is 3.50. The normalized spacial score (nSPS) is 6.33. The fourth-order valence-corrected chi connectivity index (χ4v) is 0.321. The molecule has 0 aliphatic rings. The van der Waals surface area contributed by atoms with Gasteiger partial charge < -0.3 is 10.6 Å². The second-order valence-corrected chi connectivity index (χ2v) is 1.86. The molecule has 0 saturated heterocycles. The van der Waals surface area contributed by atoms with E-state index in [2.05, 4.69) is 10.6 Å². The Morgan fingerprint density at radius 2 is 1.08 bits per heavy atom. The zero-order valence-electron chi connectivity index (χ0n) is 8.28. The van der Waals surface area contributed by atoms with Gasteiger partial charge in [0.1, 0.15) is 0 Å². The number of rotatable bonds is 0. The van der Waals surface area contributed by atoms with Gasteiger partial charge in [-0.2, -0.15) is 46.4 Å². The first kappa shape index (κ1) is 18.0. The Morgan fingerprint density at radius 1 is 0.833 bits per heavy atom. The topological polar surface area (TPSA) is 28.2 Å². The van der Waals surface area contributed by atoms with Crippen molar-refractivity contribution >= 4 is 0 Å². The SMILES string of the molecule is C[N-]C.C[N-]C.[Zr+3].c1cc[cH-]c1. The first-order valence-electron chi connectivity index (χ1n) is 3.46. The number of hydrogen-bond acceptors (Lipinski definition) is 0. The third-order valence-electron chi connectivity index (χ3n) is 0.556. The predicted molar refractivity (Wildman–Crippen MR) is 52.4 cm³/mol. The first-order chi connectivity index (χ1) is 5.33. The molecular weight excluding hydrogens is 227 g/mol. The van der Waals surface area contributed by atoms with Crippen molar-refractivity contribution in [1.82, 2.24) is 0 Å². The van der Waals surface area contributed by atoms with Gasteiger partial charge >= 0.3 is 26.2 Å². The van der Waals surface area contributed by atoms with Crippen LogP contribution in [0.25, 0.3) is 10.6 Å². The van der Waals surface area contributed by atoms with Crippen LogP contribution in [0.3, 0.4) is 0 Å². The molecule has 2 nitrogen and oxygen atoms in total. The third kappa shape index (κ3) is 32.0. The molecule has 0 aliphatic carbocycles. The molecule has 0 heterocycles. The molecule has 0 saturated carbocycles. The van der Waals surface area contributed by atoms with Crippen LogP contribution >= 0.6 is 0 Å². The number of nitrogens with zero attached hydrogens (tertiary/aromatic N) is 2. The van der Waals surface area contributed by atoms with Crippen molar-refractivity contribution in [3.05, 3.63) is 41.0 Å². The molecule has 67 valence electrons. The molecule has 1 rings (SSSR count). The van der Waals surface area contributed by atoms with E-state index < -0.39 is 0 Å². The quantitative estimate of drug-likeness (QED) is 0.628. The molecule has 0 fully saturated rings. The second-order valence-electron chi connectivity index (χ2n) is 1.86. The molecule has 12 heavy (non-hydrogen) atoms. The van der Waals surface area contributed by atoms with Crippen LogP contribution in [0.5, 0.6) is 0 Å². The largest absolute Gasteiger partial charge is 3.00 e. The van der Waals surface area contributed by atoms with Gasteiger partial charge in [-0.05, 0) is 0 Å². The zero-order chi connectivity index (χ0) is 8.95. The van der Waals surface area contributed by atoms with E-state index in [1.165, 1.54) is 0 Å². The third-order valence-corrected chi connectivity index (χ3v) is 0.556. The first-order valence-corrected chi connectivity index (χ1v) is 3.46. The van der Waals surface area contributed by atoms with E-state index >= 15 is 0 Å². The van der Waals surface area contributed by atoms with Crippen molar-refractivity contribution in [3.63, 3.8) is 0 Å². The monoisotopic (exact) mass is 243 g/mol. The van der Waals surface area contributed by atoms with E-state index in [4.69, 9.17) is 0 Å². The molecule has 0 unspecified atom stereocenters. The summed E-state index contributed by atoms with van der Waals surface area (Å²) >= 11 is 0. The molecule has 0 atom stereocenters. The average molecular weight is 244 g/mol. The Bertz CT molecular complexity index is 88.1. The van der Waals surface area contributed by atoms with Crippen LogP contribution in [-0.4, -0.2) is 28.2 Å². The van der Waals surface area contributed by atoms with Gasteiger partial charge in [-0.25, -0.2) is 12.1 Å². The molecule has 0 bridgehead atoms. The van der Waals surface area contributed by atoms with E-state index in [1.807, 2.05) is 30.3 Å². The van der Waals surface area contributed by atoms with Gasteiger partial charge in [0.25, 0.3) is 0 Å². The summed E-state index contributed by atoms with van der Waals surface area (Å²) < 4.78 is 0. The molecule has 0 aromatic heterocycles. The molecule has 0 N–H and O–H groups in total. The fraction of sp³-hybridized carbons (Fsp3) is 0.444. The summed E-state index contributed by atoms with van der Waals surface area (Å²) in [5, 5.41) is 7.00. The Morgan fingerprint density at radius 3 is 1.17 bits per heavy atom. The summed E-state index contributed by atoms with van der Waals surface area (Å²) in [5.74, 6) is 0. The Labute approximate surface area is 95.2 Å². The molecule has 1 aromatic rings. The zero-order valence-corrected chi connectivity index (χ0v) is 10.7. The molecule has 0 spiro atoms. The summed E-state index contributed by atoms with van der Waals surface area (Å²) in [5.41, 5.74) is 0. The van der Waals surface area contributed by atoms with Gasteiger partial charge in [-0.1, -0.05) is 0 Å².